The average molecular weight is 352 g/mol. The number of isocyanates is 1. The van der Waals surface area contributed by atoms with E-state index >= 15 is 0 Å². The van der Waals surface area contributed by atoms with Gasteiger partial charge >= 0.3 is 0 Å². The van der Waals surface area contributed by atoms with Crippen LogP contribution in [0, 0.1) is 6.92 Å². The summed E-state index contributed by atoms with van der Waals surface area (Å²) in [4.78, 5) is 15.2. The molecule has 0 aromatic heterocycles. The minimum atomic E-state index is -0.468. The monoisotopic (exact) mass is 351 g/mol. The summed E-state index contributed by atoms with van der Waals surface area (Å²) in [7, 11) is 1.70. The Labute approximate surface area is 134 Å². The number of hydrogen-bond donors (Lipinski definition) is 0. The molecule has 21 heavy (non-hydrogen) atoms. The Morgan fingerprint density at radius 3 is 2.48 bits per heavy atom. The zero-order valence-corrected chi connectivity index (χ0v) is 14.7. The van der Waals surface area contributed by atoms with Gasteiger partial charge in [0, 0.05) is 10.0 Å². The SMILES string of the molecule is COc1c(C(C)C)cc(Br)c(C)c1C1(N=C=O)CCCC1. The van der Waals surface area contributed by atoms with Gasteiger partial charge in [-0.1, -0.05) is 42.6 Å². The molecule has 0 N–H and O–H groups in total. The van der Waals surface area contributed by atoms with Crippen molar-refractivity contribution in [1.82, 2.24) is 0 Å². The van der Waals surface area contributed by atoms with E-state index in [1.54, 1.807) is 13.2 Å². The molecule has 1 fully saturated rings. The second-order valence-electron chi connectivity index (χ2n) is 6.08. The molecule has 0 radical (unpaired) electrons. The maximum absolute atomic E-state index is 11.0. The van der Waals surface area contributed by atoms with E-state index in [2.05, 4.69) is 47.8 Å². The Morgan fingerprint density at radius 2 is 2.00 bits per heavy atom. The molecule has 0 aliphatic heterocycles. The molecule has 1 saturated carbocycles. The Balaban J connectivity index is 2.79. The van der Waals surface area contributed by atoms with E-state index in [4.69, 9.17) is 4.74 Å². The van der Waals surface area contributed by atoms with Crippen LogP contribution < -0.4 is 4.74 Å². The Hall–Kier alpha value is -1.12. The Bertz CT molecular complexity index is 583. The van der Waals surface area contributed by atoms with Gasteiger partial charge in [-0.05, 0) is 42.9 Å². The van der Waals surface area contributed by atoms with Gasteiger partial charge in [-0.3, -0.25) is 0 Å². The third-order valence-corrected chi connectivity index (χ3v) is 5.31. The zero-order valence-electron chi connectivity index (χ0n) is 13.1. The fourth-order valence-corrected chi connectivity index (χ4v) is 3.86. The van der Waals surface area contributed by atoms with Crippen LogP contribution in [0.2, 0.25) is 0 Å². The van der Waals surface area contributed by atoms with E-state index < -0.39 is 5.54 Å². The highest BCUT2D eigenvalue weighted by Gasteiger charge is 2.40. The standard InChI is InChI=1S/C17H22BrNO2/c1-11(2)13-9-14(18)12(3)15(16(13)21-4)17(19-10-20)7-5-6-8-17/h9,11H,5-8H2,1-4H3. The summed E-state index contributed by atoms with van der Waals surface area (Å²) < 4.78 is 6.80. The van der Waals surface area contributed by atoms with Crippen LogP contribution in [-0.4, -0.2) is 13.2 Å². The topological polar surface area (TPSA) is 38.7 Å². The molecule has 0 spiro atoms. The van der Waals surface area contributed by atoms with Crippen LogP contribution in [0.4, 0.5) is 0 Å². The van der Waals surface area contributed by atoms with E-state index in [9.17, 15) is 4.79 Å². The second-order valence-corrected chi connectivity index (χ2v) is 6.93. The molecule has 3 nitrogen and oxygen atoms in total. The smallest absolute Gasteiger partial charge is 0.235 e. The molecule has 114 valence electrons. The number of benzene rings is 1. The van der Waals surface area contributed by atoms with Gasteiger partial charge in [-0.2, -0.15) is 4.99 Å². The lowest BCUT2D eigenvalue weighted by Crippen LogP contribution is -2.22. The molecular formula is C17H22BrNO2. The Morgan fingerprint density at radius 1 is 1.38 bits per heavy atom. The molecule has 0 heterocycles. The van der Waals surface area contributed by atoms with Crippen LogP contribution in [0.25, 0.3) is 0 Å². The first-order chi connectivity index (χ1) is 9.96. The summed E-state index contributed by atoms with van der Waals surface area (Å²) in [5.74, 6) is 1.22. The molecule has 0 unspecified atom stereocenters. The van der Waals surface area contributed by atoms with Gasteiger partial charge in [0.05, 0.1) is 7.11 Å². The third-order valence-electron chi connectivity index (χ3n) is 4.49. The molecule has 1 aromatic carbocycles. The molecule has 0 amide bonds. The first kappa shape index (κ1) is 16.3. The van der Waals surface area contributed by atoms with Gasteiger partial charge in [0.25, 0.3) is 0 Å². The van der Waals surface area contributed by atoms with E-state index in [-0.39, 0.29) is 0 Å². The highest BCUT2D eigenvalue weighted by Crippen LogP contribution is 2.50. The molecule has 4 heteroatoms. The number of methoxy groups -OCH3 is 1. The zero-order chi connectivity index (χ0) is 15.6. The molecule has 0 atom stereocenters. The summed E-state index contributed by atoms with van der Waals surface area (Å²) in [6.07, 6.45) is 5.73. The quantitative estimate of drug-likeness (QED) is 0.565. The lowest BCUT2D eigenvalue weighted by molar-refractivity contribution is 0.372. The number of ether oxygens (including phenoxy) is 1. The molecule has 0 bridgehead atoms. The van der Waals surface area contributed by atoms with E-state index in [0.29, 0.717) is 5.92 Å². The van der Waals surface area contributed by atoms with Crippen LogP contribution in [-0.2, 0) is 10.3 Å². The van der Waals surface area contributed by atoms with Crippen molar-refractivity contribution in [1.29, 1.82) is 0 Å². The molecule has 0 saturated heterocycles. The van der Waals surface area contributed by atoms with Crippen molar-refractivity contribution >= 4 is 22.0 Å². The number of hydrogen-bond acceptors (Lipinski definition) is 3. The summed E-state index contributed by atoms with van der Waals surface area (Å²) in [6, 6.07) is 2.12. The van der Waals surface area contributed by atoms with Crippen LogP contribution in [0.3, 0.4) is 0 Å². The predicted octanol–water partition coefficient (Wildman–Crippen LogP) is 4.99. The minimum absolute atomic E-state index is 0.342. The average Bonchev–Trinajstić information content (AvgIpc) is 2.90. The maximum Gasteiger partial charge on any atom is 0.235 e. The van der Waals surface area contributed by atoms with Gasteiger partial charge in [0.15, 0.2) is 0 Å². The van der Waals surface area contributed by atoms with E-state index in [0.717, 1.165) is 52.6 Å². The summed E-state index contributed by atoms with van der Waals surface area (Å²) >= 11 is 3.66. The van der Waals surface area contributed by atoms with Crippen molar-refractivity contribution in [3.63, 3.8) is 0 Å². The van der Waals surface area contributed by atoms with E-state index in [1.165, 1.54) is 0 Å². The van der Waals surface area contributed by atoms with Crippen molar-refractivity contribution in [2.45, 2.75) is 57.9 Å². The van der Waals surface area contributed by atoms with Crippen LogP contribution >= 0.6 is 15.9 Å². The predicted molar refractivity (Wildman–Crippen MR) is 87.8 cm³/mol. The van der Waals surface area contributed by atoms with Gasteiger partial charge in [-0.25, -0.2) is 4.79 Å². The minimum Gasteiger partial charge on any atom is -0.496 e. The number of carbonyl (C=O) groups excluding carboxylic acids is 1. The maximum atomic E-state index is 11.0. The molecule has 1 aliphatic carbocycles. The van der Waals surface area contributed by atoms with Gasteiger partial charge < -0.3 is 4.74 Å². The lowest BCUT2D eigenvalue weighted by Gasteiger charge is -2.30. The van der Waals surface area contributed by atoms with Crippen molar-refractivity contribution in [3.05, 3.63) is 27.2 Å². The first-order valence-electron chi connectivity index (χ1n) is 7.43. The molecular weight excluding hydrogens is 330 g/mol. The molecule has 1 aliphatic rings. The van der Waals surface area contributed by atoms with Crippen molar-refractivity contribution < 1.29 is 9.53 Å². The largest absolute Gasteiger partial charge is 0.496 e. The molecule has 2 rings (SSSR count). The number of nitrogens with zero attached hydrogens (tertiary/aromatic N) is 1. The van der Waals surface area contributed by atoms with Crippen LogP contribution in [0.5, 0.6) is 5.75 Å². The normalized spacial score (nSPS) is 16.9. The molecule has 1 aromatic rings. The van der Waals surface area contributed by atoms with Crippen molar-refractivity contribution in [2.24, 2.45) is 4.99 Å². The lowest BCUT2D eigenvalue weighted by atomic mass is 9.82. The fourth-order valence-electron chi connectivity index (χ4n) is 3.42. The van der Waals surface area contributed by atoms with Gasteiger partial charge in [0.2, 0.25) is 6.08 Å². The highest BCUT2D eigenvalue weighted by molar-refractivity contribution is 9.10. The fraction of sp³-hybridized carbons (Fsp3) is 0.588. The van der Waals surface area contributed by atoms with Crippen molar-refractivity contribution in [3.8, 4) is 5.75 Å². The third kappa shape index (κ3) is 2.79. The van der Waals surface area contributed by atoms with Gasteiger partial charge in [0.1, 0.15) is 11.3 Å². The first-order valence-corrected chi connectivity index (χ1v) is 8.22. The summed E-state index contributed by atoms with van der Waals surface area (Å²) in [5.41, 5.74) is 2.85. The second kappa shape index (κ2) is 6.33. The van der Waals surface area contributed by atoms with Crippen molar-refractivity contribution in [2.75, 3.05) is 7.11 Å². The van der Waals surface area contributed by atoms with E-state index in [1.807, 2.05) is 0 Å². The van der Waals surface area contributed by atoms with Crippen LogP contribution in [0.15, 0.2) is 15.5 Å². The number of rotatable bonds is 4. The summed E-state index contributed by atoms with van der Waals surface area (Å²) in [5, 5.41) is 0. The Kier molecular flexibility index (Phi) is 4.90. The number of halogens is 1. The highest BCUT2D eigenvalue weighted by atomic mass is 79.9. The number of aliphatic imine (C=N–C) groups is 1. The van der Waals surface area contributed by atoms with Gasteiger partial charge in [-0.15, -0.1) is 0 Å². The van der Waals surface area contributed by atoms with Crippen LogP contribution in [0.1, 0.15) is 62.1 Å². The summed E-state index contributed by atoms with van der Waals surface area (Å²) in [6.45, 7) is 6.36.